The second-order valence-corrected chi connectivity index (χ2v) is 6.86. The molecule has 3 nitrogen and oxygen atoms in total. The molecule has 1 unspecified atom stereocenters. The van der Waals surface area contributed by atoms with Crippen molar-refractivity contribution in [3.63, 3.8) is 0 Å². The van der Waals surface area contributed by atoms with E-state index in [0.717, 1.165) is 24.8 Å². The molecule has 3 heteroatoms. The highest BCUT2D eigenvalue weighted by Gasteiger charge is 2.46. The molecule has 1 amide bonds. The molecule has 104 valence electrons. The summed E-state index contributed by atoms with van der Waals surface area (Å²) in [5.41, 5.74) is 6.66. The lowest BCUT2D eigenvalue weighted by atomic mass is 9.85. The molecular weight excluding hydrogens is 236 g/mol. The average molecular weight is 260 g/mol. The Morgan fingerprint density at radius 2 is 1.89 bits per heavy atom. The van der Waals surface area contributed by atoms with Gasteiger partial charge in [0.25, 0.3) is 0 Å². The molecule has 1 aliphatic carbocycles. The van der Waals surface area contributed by atoms with Crippen LogP contribution in [0.3, 0.4) is 0 Å². The molecule has 1 aliphatic rings. The SMILES string of the molecule is CC(C)(C)CC(NC(=O)C1(N)CC1)c1ccccc1. The summed E-state index contributed by atoms with van der Waals surface area (Å²) in [7, 11) is 0. The van der Waals surface area contributed by atoms with Crippen molar-refractivity contribution in [2.75, 3.05) is 0 Å². The summed E-state index contributed by atoms with van der Waals surface area (Å²) in [6.07, 6.45) is 2.50. The third kappa shape index (κ3) is 3.80. The van der Waals surface area contributed by atoms with Gasteiger partial charge in [0, 0.05) is 0 Å². The Bertz CT molecular complexity index is 444. The number of carbonyl (C=O) groups excluding carboxylic acids is 1. The Morgan fingerprint density at radius 1 is 1.32 bits per heavy atom. The normalized spacial score (nSPS) is 18.7. The maximum Gasteiger partial charge on any atom is 0.240 e. The van der Waals surface area contributed by atoms with Crippen LogP contribution in [-0.4, -0.2) is 11.4 Å². The first-order valence-corrected chi connectivity index (χ1v) is 6.95. The van der Waals surface area contributed by atoms with Crippen LogP contribution < -0.4 is 11.1 Å². The van der Waals surface area contributed by atoms with Gasteiger partial charge in [0.15, 0.2) is 0 Å². The van der Waals surface area contributed by atoms with Gasteiger partial charge in [0.05, 0.1) is 11.6 Å². The molecule has 1 atom stereocenters. The van der Waals surface area contributed by atoms with Crippen molar-refractivity contribution in [2.45, 2.75) is 51.6 Å². The number of nitrogens with two attached hydrogens (primary N) is 1. The number of hydrogen-bond acceptors (Lipinski definition) is 2. The number of benzene rings is 1. The molecule has 0 aromatic heterocycles. The topological polar surface area (TPSA) is 55.1 Å². The van der Waals surface area contributed by atoms with E-state index in [1.807, 2.05) is 18.2 Å². The van der Waals surface area contributed by atoms with Gasteiger partial charge in [-0.25, -0.2) is 0 Å². The highest BCUT2D eigenvalue weighted by atomic mass is 16.2. The van der Waals surface area contributed by atoms with Gasteiger partial charge >= 0.3 is 0 Å². The molecule has 0 bridgehead atoms. The van der Waals surface area contributed by atoms with Crippen LogP contribution in [0.15, 0.2) is 30.3 Å². The van der Waals surface area contributed by atoms with E-state index in [4.69, 9.17) is 5.73 Å². The summed E-state index contributed by atoms with van der Waals surface area (Å²) in [6.45, 7) is 6.55. The van der Waals surface area contributed by atoms with Crippen LogP contribution in [0.5, 0.6) is 0 Å². The molecule has 0 heterocycles. The van der Waals surface area contributed by atoms with Gasteiger partial charge in [-0.15, -0.1) is 0 Å². The number of carbonyl (C=O) groups is 1. The van der Waals surface area contributed by atoms with Gasteiger partial charge in [-0.1, -0.05) is 51.1 Å². The van der Waals surface area contributed by atoms with E-state index < -0.39 is 5.54 Å². The van der Waals surface area contributed by atoms with E-state index >= 15 is 0 Å². The third-order valence-electron chi connectivity index (χ3n) is 3.56. The van der Waals surface area contributed by atoms with E-state index in [1.54, 1.807) is 0 Å². The lowest BCUT2D eigenvalue weighted by Crippen LogP contribution is -2.44. The lowest BCUT2D eigenvalue weighted by molar-refractivity contribution is -0.124. The zero-order valence-electron chi connectivity index (χ0n) is 12.1. The van der Waals surface area contributed by atoms with Crippen molar-refractivity contribution in [1.82, 2.24) is 5.32 Å². The van der Waals surface area contributed by atoms with Gasteiger partial charge in [0.2, 0.25) is 5.91 Å². The first kappa shape index (κ1) is 14.1. The van der Waals surface area contributed by atoms with E-state index in [9.17, 15) is 4.79 Å². The Kier molecular flexibility index (Phi) is 3.68. The number of nitrogens with one attached hydrogen (secondary N) is 1. The lowest BCUT2D eigenvalue weighted by Gasteiger charge is -2.28. The fourth-order valence-electron chi connectivity index (χ4n) is 2.21. The fourth-order valence-corrected chi connectivity index (χ4v) is 2.21. The van der Waals surface area contributed by atoms with Gasteiger partial charge in [-0.2, -0.15) is 0 Å². The van der Waals surface area contributed by atoms with Crippen LogP contribution in [-0.2, 0) is 4.79 Å². The summed E-state index contributed by atoms with van der Waals surface area (Å²) in [6, 6.07) is 10.2. The van der Waals surface area contributed by atoms with E-state index in [-0.39, 0.29) is 17.4 Å². The molecule has 1 saturated carbocycles. The quantitative estimate of drug-likeness (QED) is 0.874. The Balaban J connectivity index is 2.13. The zero-order chi connectivity index (χ0) is 14.1. The number of rotatable bonds is 4. The molecule has 0 saturated heterocycles. The minimum absolute atomic E-state index is 0.00870. The van der Waals surface area contributed by atoms with Gasteiger partial charge in [-0.05, 0) is 30.2 Å². The zero-order valence-corrected chi connectivity index (χ0v) is 12.1. The Morgan fingerprint density at radius 3 is 2.37 bits per heavy atom. The van der Waals surface area contributed by atoms with E-state index in [0.29, 0.717) is 0 Å². The van der Waals surface area contributed by atoms with Crippen LogP contribution in [0.25, 0.3) is 0 Å². The van der Waals surface area contributed by atoms with Gasteiger partial charge in [0.1, 0.15) is 0 Å². The second kappa shape index (κ2) is 4.97. The average Bonchev–Trinajstić information content (AvgIpc) is 3.07. The number of hydrogen-bond donors (Lipinski definition) is 2. The van der Waals surface area contributed by atoms with Crippen molar-refractivity contribution < 1.29 is 4.79 Å². The molecule has 0 spiro atoms. The predicted octanol–water partition coefficient (Wildman–Crippen LogP) is 2.77. The molecular formula is C16H24N2O. The van der Waals surface area contributed by atoms with Crippen molar-refractivity contribution in [3.8, 4) is 0 Å². The third-order valence-corrected chi connectivity index (χ3v) is 3.56. The Labute approximate surface area is 115 Å². The highest BCUT2D eigenvalue weighted by molar-refractivity contribution is 5.89. The minimum Gasteiger partial charge on any atom is -0.348 e. The molecule has 19 heavy (non-hydrogen) atoms. The van der Waals surface area contributed by atoms with Crippen molar-refractivity contribution in [1.29, 1.82) is 0 Å². The summed E-state index contributed by atoms with van der Waals surface area (Å²) in [5.74, 6) is -0.00870. The maximum atomic E-state index is 12.2. The Hall–Kier alpha value is -1.35. The summed E-state index contributed by atoms with van der Waals surface area (Å²) >= 11 is 0. The molecule has 3 N–H and O–H groups in total. The monoisotopic (exact) mass is 260 g/mol. The van der Waals surface area contributed by atoms with E-state index in [1.165, 1.54) is 0 Å². The molecule has 2 rings (SSSR count). The van der Waals surface area contributed by atoms with Crippen LogP contribution in [0.2, 0.25) is 0 Å². The predicted molar refractivity (Wildman–Crippen MR) is 77.6 cm³/mol. The van der Waals surface area contributed by atoms with Crippen molar-refractivity contribution in [2.24, 2.45) is 11.1 Å². The van der Waals surface area contributed by atoms with Gasteiger partial charge in [-0.3, -0.25) is 4.79 Å². The van der Waals surface area contributed by atoms with Crippen molar-refractivity contribution in [3.05, 3.63) is 35.9 Å². The van der Waals surface area contributed by atoms with Crippen LogP contribution >= 0.6 is 0 Å². The molecule has 1 aromatic rings. The summed E-state index contributed by atoms with van der Waals surface area (Å²) in [4.78, 5) is 12.2. The smallest absolute Gasteiger partial charge is 0.240 e. The van der Waals surface area contributed by atoms with Crippen LogP contribution in [0, 0.1) is 5.41 Å². The summed E-state index contributed by atoms with van der Waals surface area (Å²) < 4.78 is 0. The van der Waals surface area contributed by atoms with E-state index in [2.05, 4.69) is 38.2 Å². The van der Waals surface area contributed by atoms with Crippen molar-refractivity contribution >= 4 is 5.91 Å². The molecule has 1 fully saturated rings. The molecule has 0 aliphatic heterocycles. The highest BCUT2D eigenvalue weighted by Crippen LogP contribution is 2.35. The largest absolute Gasteiger partial charge is 0.348 e. The minimum atomic E-state index is -0.606. The number of amides is 1. The maximum absolute atomic E-state index is 12.2. The first-order chi connectivity index (χ1) is 8.80. The van der Waals surface area contributed by atoms with Crippen LogP contribution in [0.4, 0.5) is 0 Å². The first-order valence-electron chi connectivity index (χ1n) is 6.95. The summed E-state index contributed by atoms with van der Waals surface area (Å²) in [5, 5.41) is 3.13. The molecule has 1 aromatic carbocycles. The fraction of sp³-hybridized carbons (Fsp3) is 0.562. The second-order valence-electron chi connectivity index (χ2n) is 6.86. The standard InChI is InChI=1S/C16H24N2O/c1-15(2,3)11-13(12-7-5-4-6-8-12)18-14(19)16(17)9-10-16/h4-8,13H,9-11,17H2,1-3H3,(H,18,19). The molecule has 0 radical (unpaired) electrons. The van der Waals surface area contributed by atoms with Crippen LogP contribution in [0.1, 0.15) is 51.6 Å². The van der Waals surface area contributed by atoms with Gasteiger partial charge < -0.3 is 11.1 Å².